The highest BCUT2D eigenvalue weighted by Gasteiger charge is 2.14. The first-order valence-corrected chi connectivity index (χ1v) is 11.4. The number of thioether (sulfide) groups is 1. The molecule has 29 heavy (non-hydrogen) atoms. The van der Waals surface area contributed by atoms with Crippen LogP contribution in [0.2, 0.25) is 0 Å². The van der Waals surface area contributed by atoms with E-state index in [4.69, 9.17) is 9.72 Å². The molecule has 1 N–H and O–H groups in total. The molecule has 0 fully saturated rings. The number of para-hydroxylation sites is 1. The zero-order valence-corrected chi connectivity index (χ0v) is 17.8. The minimum Gasteiger partial charge on any atom is -0.494 e. The number of anilines is 1. The van der Waals surface area contributed by atoms with Crippen LogP contribution in [0, 0.1) is 0 Å². The van der Waals surface area contributed by atoms with Gasteiger partial charge in [0.25, 0.3) is 0 Å². The van der Waals surface area contributed by atoms with Crippen LogP contribution in [-0.2, 0) is 11.2 Å². The van der Waals surface area contributed by atoms with Gasteiger partial charge in [0, 0.05) is 27.7 Å². The first-order valence-electron chi connectivity index (χ1n) is 9.29. The standard InChI is InChI=1S/C22H21N3O2S2/c1-3-27-17-10-8-15(9-11-17)19-13-25-16(14-29-22(25)24-19)12-21(26)23-18-6-4-5-7-20(18)28-2/h4-11,13-14H,3,12H2,1-2H3,(H,23,26). The van der Waals surface area contributed by atoms with Crippen LogP contribution in [0.1, 0.15) is 12.6 Å². The van der Waals surface area contributed by atoms with E-state index < -0.39 is 0 Å². The van der Waals surface area contributed by atoms with Crippen LogP contribution < -0.4 is 10.1 Å². The van der Waals surface area contributed by atoms with Crippen molar-refractivity contribution in [3.63, 3.8) is 0 Å². The molecule has 148 valence electrons. The van der Waals surface area contributed by atoms with Gasteiger partial charge in [-0.05, 0) is 49.6 Å². The van der Waals surface area contributed by atoms with Gasteiger partial charge in [-0.2, -0.15) is 0 Å². The van der Waals surface area contributed by atoms with Crippen LogP contribution in [0.15, 0.2) is 65.0 Å². The summed E-state index contributed by atoms with van der Waals surface area (Å²) in [6.07, 6.45) is 4.28. The quantitative estimate of drug-likeness (QED) is 0.406. The van der Waals surface area contributed by atoms with E-state index in [0.717, 1.165) is 38.2 Å². The van der Waals surface area contributed by atoms with E-state index in [1.807, 2.05) is 77.7 Å². The normalized spacial score (nSPS) is 11.0. The summed E-state index contributed by atoms with van der Waals surface area (Å²) in [6.45, 7) is 2.61. The molecule has 0 atom stereocenters. The molecule has 0 bridgehead atoms. The molecule has 2 aromatic heterocycles. The SMILES string of the molecule is CCOc1ccc(-c2cn3c(CC(=O)Nc4ccccc4SC)csc3n2)cc1. The molecule has 4 rings (SSSR count). The van der Waals surface area contributed by atoms with Gasteiger partial charge in [-0.3, -0.25) is 9.20 Å². The fourth-order valence-corrected chi connectivity index (χ4v) is 4.52. The average Bonchev–Trinajstić information content (AvgIpc) is 3.31. The number of benzene rings is 2. The molecule has 0 aliphatic heterocycles. The van der Waals surface area contributed by atoms with Crippen molar-refractivity contribution in [3.05, 3.63) is 65.8 Å². The molecule has 2 aromatic carbocycles. The Morgan fingerprint density at radius 3 is 2.76 bits per heavy atom. The third-order valence-corrected chi connectivity index (χ3v) is 6.15. The molecule has 2 heterocycles. The Kier molecular flexibility index (Phi) is 5.87. The Morgan fingerprint density at radius 1 is 1.21 bits per heavy atom. The lowest BCUT2D eigenvalue weighted by Gasteiger charge is -2.08. The molecule has 1 amide bonds. The smallest absolute Gasteiger partial charge is 0.230 e. The molecule has 4 aromatic rings. The van der Waals surface area contributed by atoms with Gasteiger partial charge in [-0.15, -0.1) is 23.1 Å². The molecule has 0 spiro atoms. The van der Waals surface area contributed by atoms with Gasteiger partial charge in [0.15, 0.2) is 4.96 Å². The van der Waals surface area contributed by atoms with Crippen molar-refractivity contribution < 1.29 is 9.53 Å². The molecule has 0 radical (unpaired) electrons. The van der Waals surface area contributed by atoms with E-state index >= 15 is 0 Å². The number of hydrogen-bond acceptors (Lipinski definition) is 5. The summed E-state index contributed by atoms with van der Waals surface area (Å²) in [5, 5.41) is 5.01. The van der Waals surface area contributed by atoms with Crippen molar-refractivity contribution in [2.24, 2.45) is 0 Å². The number of rotatable bonds is 7. The monoisotopic (exact) mass is 423 g/mol. The fourth-order valence-electron chi connectivity index (χ4n) is 3.09. The maximum absolute atomic E-state index is 12.6. The number of ether oxygens (including phenoxy) is 1. The second kappa shape index (κ2) is 8.71. The van der Waals surface area contributed by atoms with Crippen LogP contribution in [0.3, 0.4) is 0 Å². The van der Waals surface area contributed by atoms with Crippen molar-refractivity contribution in [1.29, 1.82) is 0 Å². The van der Waals surface area contributed by atoms with E-state index in [9.17, 15) is 4.79 Å². The van der Waals surface area contributed by atoms with Crippen molar-refractivity contribution in [3.8, 4) is 17.0 Å². The summed E-state index contributed by atoms with van der Waals surface area (Å²) in [7, 11) is 0. The second-order valence-corrected chi connectivity index (χ2v) is 8.07. The van der Waals surface area contributed by atoms with E-state index in [2.05, 4.69) is 5.32 Å². The summed E-state index contributed by atoms with van der Waals surface area (Å²) in [5.41, 5.74) is 3.67. The van der Waals surface area contributed by atoms with Crippen LogP contribution >= 0.6 is 23.1 Å². The number of fused-ring (bicyclic) bond motifs is 1. The molecule has 7 heteroatoms. The average molecular weight is 424 g/mol. The number of nitrogens with zero attached hydrogens (tertiary/aromatic N) is 2. The Bertz CT molecular complexity index is 1130. The number of carbonyl (C=O) groups is 1. The fraction of sp³-hybridized carbons (Fsp3) is 0.182. The highest BCUT2D eigenvalue weighted by Crippen LogP contribution is 2.27. The van der Waals surface area contributed by atoms with Crippen molar-refractivity contribution >= 4 is 39.7 Å². The number of aromatic nitrogens is 2. The Labute approximate surface area is 177 Å². The van der Waals surface area contributed by atoms with Crippen LogP contribution in [0.25, 0.3) is 16.2 Å². The Hall–Kier alpha value is -2.77. The lowest BCUT2D eigenvalue weighted by atomic mass is 10.1. The molecule has 0 aliphatic rings. The molecule has 0 unspecified atom stereocenters. The number of hydrogen-bond donors (Lipinski definition) is 1. The summed E-state index contributed by atoms with van der Waals surface area (Å²) < 4.78 is 7.50. The van der Waals surface area contributed by atoms with Crippen molar-refractivity contribution in [1.82, 2.24) is 9.38 Å². The first kappa shape index (κ1) is 19.5. The van der Waals surface area contributed by atoms with Crippen LogP contribution in [-0.4, -0.2) is 28.2 Å². The van der Waals surface area contributed by atoms with E-state index in [0.29, 0.717) is 13.0 Å². The Balaban J connectivity index is 1.52. The minimum absolute atomic E-state index is 0.0393. The van der Waals surface area contributed by atoms with E-state index in [-0.39, 0.29) is 5.91 Å². The minimum atomic E-state index is -0.0393. The number of nitrogens with one attached hydrogen (secondary N) is 1. The summed E-state index contributed by atoms with van der Waals surface area (Å²) in [5.74, 6) is 0.808. The zero-order valence-electron chi connectivity index (χ0n) is 16.2. The predicted molar refractivity (Wildman–Crippen MR) is 120 cm³/mol. The van der Waals surface area contributed by atoms with Gasteiger partial charge in [0.2, 0.25) is 5.91 Å². The van der Waals surface area contributed by atoms with Gasteiger partial charge in [-0.1, -0.05) is 12.1 Å². The summed E-state index contributed by atoms with van der Waals surface area (Å²) in [4.78, 5) is 19.2. The maximum Gasteiger partial charge on any atom is 0.230 e. The predicted octanol–water partition coefficient (Wildman–Crippen LogP) is 5.36. The number of amides is 1. The van der Waals surface area contributed by atoms with Gasteiger partial charge < -0.3 is 10.1 Å². The molecule has 5 nitrogen and oxygen atoms in total. The third kappa shape index (κ3) is 4.31. The van der Waals surface area contributed by atoms with Gasteiger partial charge in [0.05, 0.1) is 24.4 Å². The topological polar surface area (TPSA) is 55.6 Å². The van der Waals surface area contributed by atoms with Crippen molar-refractivity contribution in [2.75, 3.05) is 18.2 Å². The van der Waals surface area contributed by atoms with Crippen molar-refractivity contribution in [2.45, 2.75) is 18.2 Å². The summed E-state index contributed by atoms with van der Waals surface area (Å²) in [6, 6.07) is 15.7. The highest BCUT2D eigenvalue weighted by molar-refractivity contribution is 7.98. The lowest BCUT2D eigenvalue weighted by molar-refractivity contribution is -0.115. The maximum atomic E-state index is 12.6. The van der Waals surface area contributed by atoms with Crippen LogP contribution in [0.5, 0.6) is 5.75 Å². The molecular formula is C22H21N3O2S2. The molecule has 0 saturated carbocycles. The molecule has 0 saturated heterocycles. The number of imidazole rings is 1. The second-order valence-electron chi connectivity index (χ2n) is 6.39. The number of carbonyl (C=O) groups excluding carboxylic acids is 1. The van der Waals surface area contributed by atoms with Gasteiger partial charge >= 0.3 is 0 Å². The Morgan fingerprint density at radius 2 is 2.00 bits per heavy atom. The largest absolute Gasteiger partial charge is 0.494 e. The zero-order chi connectivity index (χ0) is 20.2. The first-order chi connectivity index (χ1) is 14.2. The van der Waals surface area contributed by atoms with Gasteiger partial charge in [0.1, 0.15) is 5.75 Å². The molecule has 0 aliphatic carbocycles. The molecular weight excluding hydrogens is 402 g/mol. The van der Waals surface area contributed by atoms with Gasteiger partial charge in [-0.25, -0.2) is 4.98 Å². The highest BCUT2D eigenvalue weighted by atomic mass is 32.2. The van der Waals surface area contributed by atoms with E-state index in [1.165, 1.54) is 11.3 Å². The summed E-state index contributed by atoms with van der Waals surface area (Å²) >= 11 is 3.16. The van der Waals surface area contributed by atoms with Crippen LogP contribution in [0.4, 0.5) is 5.69 Å². The number of thiazole rings is 1. The van der Waals surface area contributed by atoms with E-state index in [1.54, 1.807) is 11.8 Å². The lowest BCUT2D eigenvalue weighted by Crippen LogP contribution is -2.15. The third-order valence-electron chi connectivity index (χ3n) is 4.47.